The van der Waals surface area contributed by atoms with E-state index in [9.17, 15) is 0 Å². The van der Waals surface area contributed by atoms with Gasteiger partial charge in [-0.25, -0.2) is 0 Å². The normalized spacial score (nSPS) is 20.6. The molecule has 0 aromatic carbocycles. The van der Waals surface area contributed by atoms with Crippen LogP contribution in [0.25, 0.3) is 11.3 Å². The van der Waals surface area contributed by atoms with Crippen molar-refractivity contribution in [1.82, 2.24) is 25.0 Å². The predicted octanol–water partition coefficient (Wildman–Crippen LogP) is 2.61. The minimum atomic E-state index is 0.293. The molecule has 0 unspecified atom stereocenters. The number of nitrogens with one attached hydrogen (secondary N) is 1. The zero-order valence-electron chi connectivity index (χ0n) is 16.4. The highest BCUT2D eigenvalue weighted by Crippen LogP contribution is 2.34. The van der Waals surface area contributed by atoms with Gasteiger partial charge in [0.1, 0.15) is 0 Å². The monoisotopic (exact) mass is 369 g/mol. The minimum absolute atomic E-state index is 0.293. The second kappa shape index (κ2) is 8.50. The van der Waals surface area contributed by atoms with Crippen molar-refractivity contribution in [1.29, 1.82) is 0 Å². The van der Waals surface area contributed by atoms with Crippen LogP contribution in [0.4, 0.5) is 0 Å². The van der Waals surface area contributed by atoms with Crippen molar-refractivity contribution in [2.75, 3.05) is 32.8 Å². The molecule has 0 radical (unpaired) electrons. The number of ether oxygens (including phenoxy) is 1. The number of morpholine rings is 1. The first-order valence-corrected chi connectivity index (χ1v) is 10.2. The van der Waals surface area contributed by atoms with Gasteiger partial charge in [0.05, 0.1) is 18.9 Å². The lowest BCUT2D eigenvalue weighted by Crippen LogP contribution is -2.59. The molecule has 0 amide bonds. The molecule has 3 heterocycles. The third-order valence-corrected chi connectivity index (χ3v) is 6.09. The van der Waals surface area contributed by atoms with E-state index in [4.69, 9.17) is 4.74 Å². The van der Waals surface area contributed by atoms with Crippen LogP contribution in [0, 0.1) is 0 Å². The highest BCUT2D eigenvalue weighted by atomic mass is 16.5. The average molecular weight is 370 g/mol. The van der Waals surface area contributed by atoms with Crippen LogP contribution in [-0.4, -0.2) is 58.1 Å². The van der Waals surface area contributed by atoms with E-state index in [0.717, 1.165) is 50.7 Å². The van der Waals surface area contributed by atoms with Crippen LogP contribution < -0.4 is 5.32 Å². The summed E-state index contributed by atoms with van der Waals surface area (Å²) in [5.41, 5.74) is 3.72. The van der Waals surface area contributed by atoms with Crippen molar-refractivity contribution in [3.63, 3.8) is 0 Å². The van der Waals surface area contributed by atoms with Gasteiger partial charge in [-0.05, 0) is 25.0 Å². The lowest BCUT2D eigenvalue weighted by molar-refractivity contribution is -0.0369. The lowest BCUT2D eigenvalue weighted by atomic mass is 9.79. The Kier molecular flexibility index (Phi) is 5.86. The molecule has 146 valence electrons. The van der Waals surface area contributed by atoms with Crippen molar-refractivity contribution in [2.45, 2.75) is 44.2 Å². The van der Waals surface area contributed by atoms with Crippen LogP contribution in [-0.2, 0) is 18.3 Å². The Hall–Kier alpha value is -1.76. The Balaban J connectivity index is 1.45. The molecule has 0 atom stereocenters. The fourth-order valence-electron chi connectivity index (χ4n) is 4.70. The third kappa shape index (κ3) is 4.23. The van der Waals surface area contributed by atoms with E-state index in [1.54, 1.807) is 0 Å². The molecule has 6 heteroatoms. The highest BCUT2D eigenvalue weighted by Gasteiger charge is 2.38. The number of pyridine rings is 1. The predicted molar refractivity (Wildman–Crippen MR) is 106 cm³/mol. The largest absolute Gasteiger partial charge is 0.379 e. The topological polar surface area (TPSA) is 55.2 Å². The van der Waals surface area contributed by atoms with E-state index in [1.807, 2.05) is 36.3 Å². The van der Waals surface area contributed by atoms with Crippen molar-refractivity contribution >= 4 is 0 Å². The molecule has 1 aliphatic carbocycles. The highest BCUT2D eigenvalue weighted by molar-refractivity contribution is 5.61. The third-order valence-electron chi connectivity index (χ3n) is 6.09. The summed E-state index contributed by atoms with van der Waals surface area (Å²) in [6.45, 7) is 5.76. The van der Waals surface area contributed by atoms with Crippen molar-refractivity contribution in [3.05, 3.63) is 36.3 Å². The standard InChI is InChI=1S/C21H31N5O/c1-25-16-19(20(24-25)18-5-9-22-10-6-18)15-23-17-21(7-3-2-4-8-21)26-11-13-27-14-12-26/h5-6,9-10,16,23H,2-4,7-8,11-15,17H2,1H3. The Bertz CT molecular complexity index is 717. The summed E-state index contributed by atoms with van der Waals surface area (Å²) in [5.74, 6) is 0. The molecule has 27 heavy (non-hydrogen) atoms. The summed E-state index contributed by atoms with van der Waals surface area (Å²) >= 11 is 0. The number of nitrogens with zero attached hydrogens (tertiary/aromatic N) is 4. The maximum atomic E-state index is 5.60. The number of hydrogen-bond donors (Lipinski definition) is 1. The molecule has 4 rings (SSSR count). The number of aromatic nitrogens is 3. The minimum Gasteiger partial charge on any atom is -0.379 e. The number of aryl methyl sites for hydroxylation is 1. The molecule has 2 aliphatic rings. The molecular weight excluding hydrogens is 338 g/mol. The van der Waals surface area contributed by atoms with Crippen LogP contribution in [0.1, 0.15) is 37.7 Å². The summed E-state index contributed by atoms with van der Waals surface area (Å²) in [4.78, 5) is 6.82. The Morgan fingerprint density at radius 2 is 1.85 bits per heavy atom. The summed E-state index contributed by atoms with van der Waals surface area (Å²) in [6.07, 6.45) is 12.4. The smallest absolute Gasteiger partial charge is 0.0969 e. The van der Waals surface area contributed by atoms with E-state index in [2.05, 4.69) is 26.5 Å². The van der Waals surface area contributed by atoms with Gasteiger partial charge in [-0.15, -0.1) is 0 Å². The van der Waals surface area contributed by atoms with Crippen LogP contribution in [0.15, 0.2) is 30.7 Å². The molecule has 1 N–H and O–H groups in total. The molecule has 2 aromatic heterocycles. The van der Waals surface area contributed by atoms with Crippen LogP contribution in [0.3, 0.4) is 0 Å². The first-order valence-electron chi connectivity index (χ1n) is 10.2. The van der Waals surface area contributed by atoms with Gasteiger partial charge in [-0.3, -0.25) is 14.6 Å². The summed E-state index contributed by atoms with van der Waals surface area (Å²) in [7, 11) is 1.99. The quantitative estimate of drug-likeness (QED) is 0.848. The van der Waals surface area contributed by atoms with Gasteiger partial charge < -0.3 is 10.1 Å². The van der Waals surface area contributed by atoms with Crippen LogP contribution >= 0.6 is 0 Å². The van der Waals surface area contributed by atoms with Crippen LogP contribution in [0.2, 0.25) is 0 Å². The molecule has 2 fully saturated rings. The maximum Gasteiger partial charge on any atom is 0.0969 e. The van der Waals surface area contributed by atoms with Gasteiger partial charge in [-0.2, -0.15) is 5.10 Å². The zero-order chi connectivity index (χ0) is 18.5. The molecular formula is C21H31N5O. The molecule has 2 aromatic rings. The van der Waals surface area contributed by atoms with Crippen molar-refractivity contribution in [2.24, 2.45) is 7.05 Å². The Morgan fingerprint density at radius 1 is 1.11 bits per heavy atom. The SMILES string of the molecule is Cn1cc(CNCC2(N3CCOCC3)CCCCC2)c(-c2ccncc2)n1. The fourth-order valence-corrected chi connectivity index (χ4v) is 4.70. The van der Waals surface area contributed by atoms with Gasteiger partial charge in [0, 0.05) is 68.5 Å². The Morgan fingerprint density at radius 3 is 2.59 bits per heavy atom. The Labute approximate surface area is 161 Å². The van der Waals surface area contributed by atoms with E-state index < -0.39 is 0 Å². The summed E-state index contributed by atoms with van der Waals surface area (Å²) in [6, 6.07) is 4.06. The number of hydrogen-bond acceptors (Lipinski definition) is 5. The molecule has 6 nitrogen and oxygen atoms in total. The van der Waals surface area contributed by atoms with Crippen LogP contribution in [0.5, 0.6) is 0 Å². The molecule has 0 bridgehead atoms. The van der Waals surface area contributed by atoms with E-state index in [0.29, 0.717) is 5.54 Å². The summed E-state index contributed by atoms with van der Waals surface area (Å²) < 4.78 is 7.51. The van der Waals surface area contributed by atoms with Crippen molar-refractivity contribution < 1.29 is 4.74 Å². The summed E-state index contributed by atoms with van der Waals surface area (Å²) in [5, 5.41) is 8.46. The van der Waals surface area contributed by atoms with Crippen molar-refractivity contribution in [3.8, 4) is 11.3 Å². The molecule has 1 saturated carbocycles. The van der Waals surface area contributed by atoms with Gasteiger partial charge in [0.2, 0.25) is 0 Å². The number of rotatable bonds is 6. The lowest BCUT2D eigenvalue weighted by Gasteiger charge is -2.48. The molecule has 1 aliphatic heterocycles. The van der Waals surface area contributed by atoms with Gasteiger partial charge in [0.25, 0.3) is 0 Å². The second-order valence-electron chi connectivity index (χ2n) is 7.90. The average Bonchev–Trinajstić information content (AvgIpc) is 3.10. The first kappa shape index (κ1) is 18.6. The fraction of sp³-hybridized carbons (Fsp3) is 0.619. The van der Waals surface area contributed by atoms with E-state index in [1.165, 1.54) is 37.7 Å². The van der Waals surface area contributed by atoms with Gasteiger partial charge in [-0.1, -0.05) is 19.3 Å². The van der Waals surface area contributed by atoms with Gasteiger partial charge in [0.15, 0.2) is 0 Å². The maximum absolute atomic E-state index is 5.60. The zero-order valence-corrected chi connectivity index (χ0v) is 16.4. The van der Waals surface area contributed by atoms with E-state index >= 15 is 0 Å². The second-order valence-corrected chi connectivity index (χ2v) is 7.90. The van der Waals surface area contributed by atoms with Gasteiger partial charge >= 0.3 is 0 Å². The first-order chi connectivity index (χ1) is 13.3. The van der Waals surface area contributed by atoms with E-state index in [-0.39, 0.29) is 0 Å². The molecule has 0 spiro atoms. The molecule has 1 saturated heterocycles.